The lowest BCUT2D eigenvalue weighted by molar-refractivity contribution is -0.388. The highest BCUT2D eigenvalue weighted by Gasteiger charge is 2.29. The number of nitrogens with zero attached hydrogens (tertiary/aromatic N) is 3. The summed E-state index contributed by atoms with van der Waals surface area (Å²) in [6.45, 7) is 1.70. The van der Waals surface area contributed by atoms with Gasteiger partial charge in [0.15, 0.2) is 0 Å². The van der Waals surface area contributed by atoms with E-state index in [0.29, 0.717) is 11.7 Å². The van der Waals surface area contributed by atoms with Crippen molar-refractivity contribution in [2.75, 3.05) is 25.0 Å². The average molecular weight is 236 g/mol. The smallest absolute Gasteiger partial charge is 0.360 e. The van der Waals surface area contributed by atoms with Gasteiger partial charge >= 0.3 is 5.82 Å². The Bertz CT molecular complexity index is 410. The van der Waals surface area contributed by atoms with Crippen molar-refractivity contribution in [1.29, 1.82) is 0 Å². The van der Waals surface area contributed by atoms with Gasteiger partial charge in [-0.15, -0.1) is 0 Å². The second kappa shape index (κ2) is 5.09. The number of nitro groups is 1. The normalized spacial score (nSPS) is 19.6. The molecule has 2 heterocycles. The van der Waals surface area contributed by atoms with Gasteiger partial charge in [0.05, 0.1) is 0 Å². The molecule has 0 spiro atoms. The van der Waals surface area contributed by atoms with E-state index < -0.39 is 4.92 Å². The summed E-state index contributed by atoms with van der Waals surface area (Å²) in [6.07, 6.45) is 3.59. The fourth-order valence-electron chi connectivity index (χ4n) is 2.35. The molecule has 0 radical (unpaired) electrons. The van der Waals surface area contributed by atoms with Crippen LogP contribution in [-0.2, 0) is 0 Å². The zero-order valence-electron chi connectivity index (χ0n) is 9.80. The minimum absolute atomic E-state index is 0.0458. The lowest BCUT2D eigenvalue weighted by Crippen LogP contribution is -2.37. The number of anilines is 1. The van der Waals surface area contributed by atoms with Crippen molar-refractivity contribution in [1.82, 2.24) is 10.3 Å². The fourth-order valence-corrected chi connectivity index (χ4v) is 2.35. The molecule has 1 unspecified atom stereocenters. The molecule has 1 aliphatic heterocycles. The Morgan fingerprint density at radius 3 is 3.24 bits per heavy atom. The van der Waals surface area contributed by atoms with Gasteiger partial charge in [0, 0.05) is 19.1 Å². The van der Waals surface area contributed by atoms with Crippen molar-refractivity contribution in [3.63, 3.8) is 0 Å². The molecule has 0 amide bonds. The summed E-state index contributed by atoms with van der Waals surface area (Å²) in [7, 11) is 1.90. The van der Waals surface area contributed by atoms with E-state index >= 15 is 0 Å². The van der Waals surface area contributed by atoms with Crippen molar-refractivity contribution in [3.8, 4) is 0 Å². The minimum Gasteiger partial charge on any atom is -0.360 e. The molecule has 6 heteroatoms. The van der Waals surface area contributed by atoms with Crippen molar-refractivity contribution in [2.24, 2.45) is 0 Å². The van der Waals surface area contributed by atoms with Gasteiger partial charge in [-0.25, -0.2) is 0 Å². The summed E-state index contributed by atoms with van der Waals surface area (Å²) in [5, 5.41) is 14.1. The molecular weight excluding hydrogens is 220 g/mol. The first kappa shape index (κ1) is 11.8. The third-order valence-corrected chi connectivity index (χ3v) is 3.07. The number of rotatable bonds is 4. The summed E-state index contributed by atoms with van der Waals surface area (Å²) in [5.74, 6) is -0.0458. The molecule has 1 aromatic rings. The van der Waals surface area contributed by atoms with Crippen molar-refractivity contribution in [3.05, 3.63) is 28.4 Å². The van der Waals surface area contributed by atoms with Gasteiger partial charge in [-0.1, -0.05) is 0 Å². The highest BCUT2D eigenvalue weighted by molar-refractivity contribution is 5.60. The fraction of sp³-hybridized carbons (Fsp3) is 0.545. The first-order valence-electron chi connectivity index (χ1n) is 5.74. The number of pyridine rings is 1. The lowest BCUT2D eigenvalue weighted by atomic mass is 10.2. The van der Waals surface area contributed by atoms with E-state index in [0.717, 1.165) is 25.9 Å². The van der Waals surface area contributed by atoms with Gasteiger partial charge in [-0.3, -0.25) is 0 Å². The van der Waals surface area contributed by atoms with Gasteiger partial charge in [-0.2, -0.15) is 0 Å². The molecule has 1 N–H and O–H groups in total. The van der Waals surface area contributed by atoms with E-state index in [1.807, 2.05) is 7.05 Å². The topological polar surface area (TPSA) is 71.3 Å². The van der Waals surface area contributed by atoms with Crippen LogP contribution >= 0.6 is 0 Å². The van der Waals surface area contributed by atoms with Crippen LogP contribution < -0.4 is 10.2 Å². The zero-order chi connectivity index (χ0) is 12.3. The molecular formula is C11H16N4O2. The van der Waals surface area contributed by atoms with Crippen LogP contribution in [0.5, 0.6) is 0 Å². The van der Waals surface area contributed by atoms with Crippen LogP contribution in [0.25, 0.3) is 0 Å². The molecule has 0 aromatic carbocycles. The Labute approximate surface area is 99.8 Å². The zero-order valence-corrected chi connectivity index (χ0v) is 9.80. The second-order valence-corrected chi connectivity index (χ2v) is 4.15. The molecule has 1 atom stereocenters. The van der Waals surface area contributed by atoms with E-state index in [2.05, 4.69) is 15.2 Å². The summed E-state index contributed by atoms with van der Waals surface area (Å²) in [4.78, 5) is 16.5. The predicted molar refractivity (Wildman–Crippen MR) is 65.2 cm³/mol. The summed E-state index contributed by atoms with van der Waals surface area (Å²) in [6, 6.07) is 3.85. The van der Waals surface area contributed by atoms with Crippen LogP contribution in [0.1, 0.15) is 12.8 Å². The predicted octanol–water partition coefficient (Wildman–Crippen LogP) is 1.18. The number of nitrogens with one attached hydrogen (secondary N) is 1. The monoisotopic (exact) mass is 236 g/mol. The van der Waals surface area contributed by atoms with E-state index in [1.165, 1.54) is 6.20 Å². The molecule has 1 fully saturated rings. The number of likely N-dealkylation sites (N-methyl/N-ethyl adjacent to an activating group) is 1. The van der Waals surface area contributed by atoms with Gasteiger partial charge in [-0.05, 0) is 41.9 Å². The van der Waals surface area contributed by atoms with Crippen LogP contribution in [-0.4, -0.2) is 36.1 Å². The number of hydrogen-bond acceptors (Lipinski definition) is 5. The van der Waals surface area contributed by atoms with Crippen LogP contribution in [0.2, 0.25) is 0 Å². The van der Waals surface area contributed by atoms with Crippen LogP contribution in [0, 0.1) is 10.1 Å². The Morgan fingerprint density at radius 1 is 1.71 bits per heavy atom. The third-order valence-electron chi connectivity index (χ3n) is 3.07. The van der Waals surface area contributed by atoms with Crippen LogP contribution in [0.3, 0.4) is 0 Å². The second-order valence-electron chi connectivity index (χ2n) is 4.15. The maximum Gasteiger partial charge on any atom is 0.387 e. The summed E-state index contributed by atoms with van der Waals surface area (Å²) < 4.78 is 0. The van der Waals surface area contributed by atoms with E-state index in [4.69, 9.17) is 0 Å². The van der Waals surface area contributed by atoms with Gasteiger partial charge in [0.1, 0.15) is 11.9 Å². The van der Waals surface area contributed by atoms with Crippen molar-refractivity contribution < 1.29 is 4.92 Å². The van der Waals surface area contributed by atoms with Gasteiger partial charge in [0.2, 0.25) is 0 Å². The molecule has 2 rings (SSSR count). The molecule has 1 aliphatic rings. The van der Waals surface area contributed by atoms with Gasteiger partial charge in [0.25, 0.3) is 0 Å². The molecule has 1 aromatic heterocycles. The van der Waals surface area contributed by atoms with Crippen molar-refractivity contribution in [2.45, 2.75) is 18.9 Å². The first-order valence-corrected chi connectivity index (χ1v) is 5.74. The SMILES string of the molecule is CNCC1CCCN1c1cccnc1[N+](=O)[O-]. The maximum atomic E-state index is 10.9. The van der Waals surface area contributed by atoms with Gasteiger partial charge < -0.3 is 20.3 Å². The largest absolute Gasteiger partial charge is 0.387 e. The van der Waals surface area contributed by atoms with E-state index in [9.17, 15) is 10.1 Å². The lowest BCUT2D eigenvalue weighted by Gasteiger charge is -2.25. The average Bonchev–Trinajstić information content (AvgIpc) is 2.77. The summed E-state index contributed by atoms with van der Waals surface area (Å²) >= 11 is 0. The molecule has 92 valence electrons. The Kier molecular flexibility index (Phi) is 3.53. The summed E-state index contributed by atoms with van der Waals surface area (Å²) in [5.41, 5.74) is 0.634. The van der Waals surface area contributed by atoms with Crippen LogP contribution in [0.4, 0.5) is 11.5 Å². The standard InChI is InChI=1S/C11H16N4O2/c1-12-8-9-4-3-7-14(9)10-5-2-6-13-11(10)15(16)17/h2,5-6,9,12H,3-4,7-8H2,1H3. The molecule has 0 saturated carbocycles. The number of hydrogen-bond donors (Lipinski definition) is 1. The Balaban J connectivity index is 2.29. The Hall–Kier alpha value is -1.69. The van der Waals surface area contributed by atoms with Crippen LogP contribution in [0.15, 0.2) is 18.3 Å². The van der Waals surface area contributed by atoms with E-state index in [1.54, 1.807) is 12.1 Å². The first-order chi connectivity index (χ1) is 8.24. The van der Waals surface area contributed by atoms with E-state index in [-0.39, 0.29) is 5.82 Å². The molecule has 6 nitrogen and oxygen atoms in total. The molecule has 17 heavy (non-hydrogen) atoms. The molecule has 1 saturated heterocycles. The maximum absolute atomic E-state index is 10.9. The number of aromatic nitrogens is 1. The van der Waals surface area contributed by atoms with Crippen molar-refractivity contribution >= 4 is 11.5 Å². The Morgan fingerprint density at radius 2 is 2.53 bits per heavy atom. The minimum atomic E-state index is -0.413. The molecule has 0 aliphatic carbocycles. The highest BCUT2D eigenvalue weighted by Crippen LogP contribution is 2.31. The molecule has 0 bridgehead atoms. The highest BCUT2D eigenvalue weighted by atomic mass is 16.6. The quantitative estimate of drug-likeness (QED) is 0.627. The third kappa shape index (κ3) is 2.36.